The van der Waals surface area contributed by atoms with Gasteiger partial charge in [0.05, 0.1) is 0 Å². The van der Waals surface area contributed by atoms with Crippen molar-refractivity contribution < 1.29 is 4.79 Å². The number of rotatable bonds is 0. The van der Waals surface area contributed by atoms with Gasteiger partial charge in [0.15, 0.2) is 0 Å². The van der Waals surface area contributed by atoms with E-state index in [-0.39, 0.29) is 0 Å². The lowest BCUT2D eigenvalue weighted by Crippen LogP contribution is -2.50. The molecule has 1 spiro atoms. The Morgan fingerprint density at radius 2 is 1.88 bits per heavy atom. The van der Waals surface area contributed by atoms with E-state index in [4.69, 9.17) is 0 Å². The number of Topliss-reactive ketones (excluding diaryl/α,β-unsaturated/α-hetero) is 1. The largest absolute Gasteiger partial charge is 0.299 e. The Morgan fingerprint density at radius 1 is 1.19 bits per heavy atom. The summed E-state index contributed by atoms with van der Waals surface area (Å²) in [4.78, 5) is 12.1. The van der Waals surface area contributed by atoms with Gasteiger partial charge < -0.3 is 0 Å². The van der Waals surface area contributed by atoms with Crippen LogP contribution in [-0.2, 0) is 4.79 Å². The zero-order valence-electron chi connectivity index (χ0n) is 11.1. The van der Waals surface area contributed by atoms with Gasteiger partial charge in [0.2, 0.25) is 0 Å². The monoisotopic (exact) mass is 220 g/mol. The van der Waals surface area contributed by atoms with Crippen LogP contribution in [0.15, 0.2) is 0 Å². The molecule has 0 aliphatic heterocycles. The highest BCUT2D eigenvalue weighted by Gasteiger charge is 2.75. The summed E-state index contributed by atoms with van der Waals surface area (Å²) in [6, 6.07) is 0. The molecule has 90 valence electrons. The van der Waals surface area contributed by atoms with Crippen LogP contribution in [-0.4, -0.2) is 5.78 Å². The van der Waals surface area contributed by atoms with E-state index in [0.29, 0.717) is 33.9 Å². The highest BCUT2D eigenvalue weighted by molar-refractivity contribution is 5.84. The van der Waals surface area contributed by atoms with Gasteiger partial charge in [-0.05, 0) is 41.4 Å². The molecule has 0 aromatic heterocycles. The van der Waals surface area contributed by atoms with Gasteiger partial charge in [-0.3, -0.25) is 4.79 Å². The Labute approximate surface area is 99.0 Å². The lowest BCUT2D eigenvalue weighted by atomic mass is 9.48. The second-order valence-corrected chi connectivity index (χ2v) is 7.51. The Bertz CT molecular complexity index is 356. The maximum atomic E-state index is 12.1. The average Bonchev–Trinajstić information content (AvgIpc) is 2.89. The van der Waals surface area contributed by atoms with E-state index in [1.165, 1.54) is 25.7 Å². The maximum absolute atomic E-state index is 12.1. The van der Waals surface area contributed by atoms with Crippen molar-refractivity contribution in [3.63, 3.8) is 0 Å². The molecule has 16 heavy (non-hydrogen) atoms. The Morgan fingerprint density at radius 3 is 2.56 bits per heavy atom. The fourth-order valence-electron chi connectivity index (χ4n) is 5.56. The molecule has 0 bridgehead atoms. The van der Waals surface area contributed by atoms with Crippen LogP contribution in [0.4, 0.5) is 0 Å². The van der Waals surface area contributed by atoms with Crippen LogP contribution in [0.2, 0.25) is 0 Å². The second-order valence-electron chi connectivity index (χ2n) is 7.51. The van der Waals surface area contributed by atoms with Crippen molar-refractivity contribution in [2.24, 2.45) is 28.1 Å². The Balaban J connectivity index is 2.06. The standard InChI is InChI=1S/C15H24O/c1-10-11-8-15(11)13(2,3)6-5-7-14(15,4)9-12(10)16/h10-11H,5-9H2,1-4H3/t10-,11+,14+,15+/m1/s1. The minimum absolute atomic E-state index is 0.322. The molecule has 3 saturated carbocycles. The first kappa shape index (κ1) is 10.8. The van der Waals surface area contributed by atoms with Crippen molar-refractivity contribution >= 4 is 5.78 Å². The van der Waals surface area contributed by atoms with Crippen LogP contribution < -0.4 is 0 Å². The van der Waals surface area contributed by atoms with Gasteiger partial charge in [-0.15, -0.1) is 0 Å². The number of hydrogen-bond acceptors (Lipinski definition) is 1. The molecule has 0 aromatic carbocycles. The lowest BCUT2D eigenvalue weighted by molar-refractivity contribution is -0.139. The molecule has 3 rings (SSSR count). The smallest absolute Gasteiger partial charge is 0.136 e. The summed E-state index contributed by atoms with van der Waals surface area (Å²) < 4.78 is 0. The first-order chi connectivity index (χ1) is 7.34. The molecular formula is C15H24O. The van der Waals surface area contributed by atoms with E-state index in [0.717, 1.165) is 6.42 Å². The summed E-state index contributed by atoms with van der Waals surface area (Å²) in [5, 5.41) is 0. The van der Waals surface area contributed by atoms with Crippen molar-refractivity contribution in [2.75, 3.05) is 0 Å². The number of carbonyl (C=O) groups is 1. The predicted molar refractivity (Wildman–Crippen MR) is 65.1 cm³/mol. The Hall–Kier alpha value is -0.330. The van der Waals surface area contributed by atoms with Gasteiger partial charge in [-0.1, -0.05) is 34.1 Å². The molecule has 0 heterocycles. The van der Waals surface area contributed by atoms with Crippen molar-refractivity contribution in [1.29, 1.82) is 0 Å². The third-order valence-corrected chi connectivity index (χ3v) is 6.51. The van der Waals surface area contributed by atoms with Crippen molar-refractivity contribution in [1.82, 2.24) is 0 Å². The van der Waals surface area contributed by atoms with E-state index in [2.05, 4.69) is 27.7 Å². The lowest BCUT2D eigenvalue weighted by Gasteiger charge is -2.55. The normalized spacial score (nSPS) is 54.1. The highest BCUT2D eigenvalue weighted by Crippen LogP contribution is 2.80. The van der Waals surface area contributed by atoms with Gasteiger partial charge in [0, 0.05) is 12.3 Å². The van der Waals surface area contributed by atoms with Crippen LogP contribution in [0.1, 0.15) is 59.8 Å². The fraction of sp³-hybridized carbons (Fsp3) is 0.933. The average molecular weight is 220 g/mol. The summed E-state index contributed by atoms with van der Waals surface area (Å²) >= 11 is 0. The molecule has 0 saturated heterocycles. The zero-order valence-corrected chi connectivity index (χ0v) is 11.1. The van der Waals surface area contributed by atoms with Gasteiger partial charge in [0.25, 0.3) is 0 Å². The maximum Gasteiger partial charge on any atom is 0.136 e. The van der Waals surface area contributed by atoms with Crippen LogP contribution in [0.25, 0.3) is 0 Å². The van der Waals surface area contributed by atoms with E-state index in [1.807, 2.05) is 0 Å². The summed E-state index contributed by atoms with van der Waals surface area (Å²) in [7, 11) is 0. The molecule has 0 amide bonds. The predicted octanol–water partition coefficient (Wildman–Crippen LogP) is 3.82. The van der Waals surface area contributed by atoms with E-state index >= 15 is 0 Å². The number of ketones is 1. The first-order valence-electron chi connectivity index (χ1n) is 6.87. The topological polar surface area (TPSA) is 17.1 Å². The van der Waals surface area contributed by atoms with Gasteiger partial charge in [-0.25, -0.2) is 0 Å². The SMILES string of the molecule is C[C@H]1C(=O)C[C@]2(C)CCCC(C)(C)[C@@]23C[C@@H]13. The summed E-state index contributed by atoms with van der Waals surface area (Å²) in [5.41, 5.74) is 1.29. The molecule has 3 aliphatic rings. The third kappa shape index (κ3) is 0.966. The summed E-state index contributed by atoms with van der Waals surface area (Å²) in [6.07, 6.45) is 6.14. The highest BCUT2D eigenvalue weighted by atomic mass is 16.1. The molecular weight excluding hydrogens is 196 g/mol. The molecule has 0 radical (unpaired) electrons. The fourth-order valence-corrected chi connectivity index (χ4v) is 5.56. The van der Waals surface area contributed by atoms with E-state index < -0.39 is 0 Å². The second kappa shape index (κ2) is 2.73. The Kier molecular flexibility index (Phi) is 1.85. The number of carbonyl (C=O) groups excluding carboxylic acids is 1. The van der Waals surface area contributed by atoms with Crippen molar-refractivity contribution in [3.8, 4) is 0 Å². The van der Waals surface area contributed by atoms with Crippen LogP contribution in [0, 0.1) is 28.1 Å². The molecule has 3 fully saturated rings. The molecule has 3 aliphatic carbocycles. The first-order valence-corrected chi connectivity index (χ1v) is 6.87. The van der Waals surface area contributed by atoms with Crippen molar-refractivity contribution in [2.45, 2.75) is 59.8 Å². The molecule has 0 aromatic rings. The molecule has 4 atom stereocenters. The zero-order chi connectivity index (χ0) is 11.8. The minimum Gasteiger partial charge on any atom is -0.299 e. The molecule has 0 unspecified atom stereocenters. The van der Waals surface area contributed by atoms with Gasteiger partial charge in [-0.2, -0.15) is 0 Å². The summed E-state index contributed by atoms with van der Waals surface area (Å²) in [5.74, 6) is 1.58. The van der Waals surface area contributed by atoms with Gasteiger partial charge in [0.1, 0.15) is 5.78 Å². The van der Waals surface area contributed by atoms with E-state index in [1.54, 1.807) is 0 Å². The molecule has 0 N–H and O–H groups in total. The molecule has 1 heteroatoms. The third-order valence-electron chi connectivity index (χ3n) is 6.51. The van der Waals surface area contributed by atoms with Crippen molar-refractivity contribution in [3.05, 3.63) is 0 Å². The summed E-state index contributed by atoms with van der Waals surface area (Å²) in [6.45, 7) is 9.48. The quantitative estimate of drug-likeness (QED) is 0.606. The van der Waals surface area contributed by atoms with E-state index in [9.17, 15) is 4.79 Å². The van der Waals surface area contributed by atoms with Crippen LogP contribution >= 0.6 is 0 Å². The van der Waals surface area contributed by atoms with Crippen LogP contribution in [0.5, 0.6) is 0 Å². The number of hydrogen-bond donors (Lipinski definition) is 0. The minimum atomic E-state index is 0.322. The van der Waals surface area contributed by atoms with Crippen LogP contribution in [0.3, 0.4) is 0 Å². The molecule has 1 nitrogen and oxygen atoms in total. The van der Waals surface area contributed by atoms with Gasteiger partial charge >= 0.3 is 0 Å².